The van der Waals surface area contributed by atoms with Crippen LogP contribution in [0.2, 0.25) is 0 Å². The topological polar surface area (TPSA) is 71.2 Å². The first-order chi connectivity index (χ1) is 8.50. The van der Waals surface area contributed by atoms with Crippen molar-refractivity contribution < 1.29 is 9.90 Å². The van der Waals surface area contributed by atoms with Crippen molar-refractivity contribution in [2.75, 3.05) is 6.54 Å². The molecule has 0 bridgehead atoms. The Morgan fingerprint density at radius 2 is 2.22 bits per heavy atom. The van der Waals surface area contributed by atoms with Crippen molar-refractivity contribution in [2.24, 2.45) is 13.0 Å². The number of piperidine rings is 1. The standard InChI is InChI=1S/C12H20N4O2/c1-8-5-4-6-16(11(8)12(17)18)7-10-14-13-9(2)15(10)3/h8,11H,4-7H2,1-3H3,(H,17,18). The van der Waals surface area contributed by atoms with Crippen molar-refractivity contribution in [3.05, 3.63) is 11.6 Å². The van der Waals surface area contributed by atoms with Gasteiger partial charge in [-0.3, -0.25) is 9.69 Å². The van der Waals surface area contributed by atoms with Crippen LogP contribution in [-0.2, 0) is 18.4 Å². The summed E-state index contributed by atoms with van der Waals surface area (Å²) in [6.07, 6.45) is 2.02. The Labute approximate surface area is 107 Å². The fourth-order valence-corrected chi connectivity index (χ4v) is 2.62. The molecule has 1 aromatic rings. The molecular weight excluding hydrogens is 232 g/mol. The molecule has 2 rings (SSSR count). The number of rotatable bonds is 3. The van der Waals surface area contributed by atoms with Gasteiger partial charge in [-0.1, -0.05) is 6.92 Å². The van der Waals surface area contributed by atoms with Crippen LogP contribution < -0.4 is 0 Å². The fourth-order valence-electron chi connectivity index (χ4n) is 2.62. The zero-order valence-electron chi connectivity index (χ0n) is 11.1. The Morgan fingerprint density at radius 3 is 2.78 bits per heavy atom. The molecule has 0 aromatic carbocycles. The average molecular weight is 252 g/mol. The second-order valence-electron chi connectivity index (χ2n) is 5.10. The van der Waals surface area contributed by atoms with E-state index in [1.165, 1.54) is 0 Å². The number of carboxylic acids is 1. The van der Waals surface area contributed by atoms with Crippen molar-refractivity contribution in [1.82, 2.24) is 19.7 Å². The first kappa shape index (κ1) is 13.0. The Hall–Kier alpha value is -1.43. The maximum Gasteiger partial charge on any atom is 0.321 e. The molecule has 1 aromatic heterocycles. The van der Waals surface area contributed by atoms with Gasteiger partial charge in [-0.25, -0.2) is 0 Å². The third kappa shape index (κ3) is 2.38. The van der Waals surface area contributed by atoms with E-state index >= 15 is 0 Å². The summed E-state index contributed by atoms with van der Waals surface area (Å²) >= 11 is 0. The van der Waals surface area contributed by atoms with Crippen LogP contribution in [0.3, 0.4) is 0 Å². The highest BCUT2D eigenvalue weighted by Gasteiger charge is 2.34. The van der Waals surface area contributed by atoms with E-state index in [4.69, 9.17) is 0 Å². The summed E-state index contributed by atoms with van der Waals surface area (Å²) in [6.45, 7) is 5.27. The molecule has 0 aliphatic carbocycles. The molecule has 1 aliphatic rings. The van der Waals surface area contributed by atoms with Gasteiger partial charge in [-0.15, -0.1) is 10.2 Å². The minimum atomic E-state index is -0.735. The van der Waals surface area contributed by atoms with Gasteiger partial charge in [0.25, 0.3) is 0 Å². The minimum Gasteiger partial charge on any atom is -0.480 e. The van der Waals surface area contributed by atoms with Crippen LogP contribution in [0, 0.1) is 12.8 Å². The highest BCUT2D eigenvalue weighted by atomic mass is 16.4. The van der Waals surface area contributed by atoms with Crippen LogP contribution >= 0.6 is 0 Å². The molecule has 0 saturated carbocycles. The van der Waals surface area contributed by atoms with E-state index in [1.807, 2.05) is 30.4 Å². The van der Waals surface area contributed by atoms with Gasteiger partial charge in [-0.05, 0) is 32.2 Å². The van der Waals surface area contributed by atoms with Gasteiger partial charge in [0.05, 0.1) is 6.54 Å². The number of nitrogens with zero attached hydrogens (tertiary/aromatic N) is 4. The number of hydrogen-bond donors (Lipinski definition) is 1. The van der Waals surface area contributed by atoms with Crippen LogP contribution in [0.4, 0.5) is 0 Å². The normalized spacial score (nSPS) is 25.3. The summed E-state index contributed by atoms with van der Waals surface area (Å²) in [4.78, 5) is 13.4. The van der Waals surface area contributed by atoms with Crippen LogP contribution in [0.1, 0.15) is 31.4 Å². The molecule has 2 heterocycles. The summed E-state index contributed by atoms with van der Waals surface area (Å²) in [5, 5.41) is 17.5. The van der Waals surface area contributed by atoms with Crippen LogP contribution in [0.15, 0.2) is 0 Å². The molecular formula is C12H20N4O2. The Morgan fingerprint density at radius 1 is 1.50 bits per heavy atom. The summed E-state index contributed by atoms with van der Waals surface area (Å²) in [6, 6.07) is -0.407. The lowest BCUT2D eigenvalue weighted by atomic mass is 9.91. The van der Waals surface area contributed by atoms with Crippen molar-refractivity contribution in [3.63, 3.8) is 0 Å². The molecule has 6 heteroatoms. The summed E-state index contributed by atoms with van der Waals surface area (Å²) in [7, 11) is 1.91. The Kier molecular flexibility index (Phi) is 3.65. The van der Waals surface area contributed by atoms with Crippen LogP contribution in [0.25, 0.3) is 0 Å². The maximum atomic E-state index is 11.4. The zero-order chi connectivity index (χ0) is 13.3. The van der Waals surface area contributed by atoms with Gasteiger partial charge in [0, 0.05) is 7.05 Å². The Balaban J connectivity index is 2.16. The molecule has 1 saturated heterocycles. The highest BCUT2D eigenvalue weighted by molar-refractivity contribution is 5.74. The number of aliphatic carboxylic acids is 1. The van der Waals surface area contributed by atoms with Crippen LogP contribution in [-0.4, -0.2) is 43.3 Å². The van der Waals surface area contributed by atoms with Crippen LogP contribution in [0.5, 0.6) is 0 Å². The molecule has 1 N–H and O–H groups in total. The van der Waals surface area contributed by atoms with E-state index in [0.29, 0.717) is 6.54 Å². The molecule has 0 amide bonds. The van der Waals surface area contributed by atoms with E-state index in [2.05, 4.69) is 10.2 Å². The number of carbonyl (C=O) groups is 1. The van der Waals surface area contributed by atoms with E-state index in [1.54, 1.807) is 0 Å². The van der Waals surface area contributed by atoms with E-state index in [-0.39, 0.29) is 5.92 Å². The summed E-state index contributed by atoms with van der Waals surface area (Å²) in [5.41, 5.74) is 0. The first-order valence-electron chi connectivity index (χ1n) is 6.32. The third-order valence-corrected chi connectivity index (χ3v) is 3.82. The van der Waals surface area contributed by atoms with Gasteiger partial charge in [0.15, 0.2) is 0 Å². The quantitative estimate of drug-likeness (QED) is 0.862. The molecule has 0 radical (unpaired) electrons. The van der Waals surface area contributed by atoms with Crippen molar-refractivity contribution in [3.8, 4) is 0 Å². The Bertz CT molecular complexity index is 443. The number of likely N-dealkylation sites (tertiary alicyclic amines) is 1. The smallest absolute Gasteiger partial charge is 0.321 e. The molecule has 1 fully saturated rings. The molecule has 2 unspecified atom stereocenters. The van der Waals surface area contributed by atoms with Crippen molar-refractivity contribution in [2.45, 2.75) is 39.3 Å². The van der Waals surface area contributed by atoms with Gasteiger partial charge in [0.2, 0.25) is 0 Å². The summed E-state index contributed by atoms with van der Waals surface area (Å²) < 4.78 is 1.91. The monoisotopic (exact) mass is 252 g/mol. The maximum absolute atomic E-state index is 11.4. The lowest BCUT2D eigenvalue weighted by Crippen LogP contribution is -2.48. The predicted octanol–water partition coefficient (Wildman–Crippen LogP) is 0.809. The SMILES string of the molecule is Cc1nnc(CN2CCCC(C)C2C(=O)O)n1C. The highest BCUT2D eigenvalue weighted by Crippen LogP contribution is 2.24. The number of hydrogen-bond acceptors (Lipinski definition) is 4. The number of carboxylic acid groups (broad SMARTS) is 1. The average Bonchev–Trinajstić information content (AvgIpc) is 2.60. The van der Waals surface area contributed by atoms with Crippen molar-refractivity contribution >= 4 is 5.97 Å². The zero-order valence-corrected chi connectivity index (χ0v) is 11.1. The van der Waals surface area contributed by atoms with E-state index in [0.717, 1.165) is 31.0 Å². The molecule has 18 heavy (non-hydrogen) atoms. The second-order valence-corrected chi connectivity index (χ2v) is 5.10. The fraction of sp³-hybridized carbons (Fsp3) is 0.750. The van der Waals surface area contributed by atoms with E-state index < -0.39 is 12.0 Å². The first-order valence-corrected chi connectivity index (χ1v) is 6.32. The molecule has 1 aliphatic heterocycles. The summed E-state index contributed by atoms with van der Waals surface area (Å²) in [5.74, 6) is 1.13. The van der Waals surface area contributed by atoms with Gasteiger partial charge < -0.3 is 9.67 Å². The molecule has 100 valence electrons. The minimum absolute atomic E-state index is 0.186. The van der Waals surface area contributed by atoms with Gasteiger partial charge in [-0.2, -0.15) is 0 Å². The molecule has 6 nitrogen and oxygen atoms in total. The molecule has 0 spiro atoms. The van der Waals surface area contributed by atoms with Gasteiger partial charge in [0.1, 0.15) is 17.7 Å². The van der Waals surface area contributed by atoms with Crippen molar-refractivity contribution in [1.29, 1.82) is 0 Å². The van der Waals surface area contributed by atoms with E-state index in [9.17, 15) is 9.90 Å². The number of aromatic nitrogens is 3. The number of aryl methyl sites for hydroxylation is 1. The lowest BCUT2D eigenvalue weighted by molar-refractivity contribution is -0.147. The second kappa shape index (κ2) is 5.06. The van der Waals surface area contributed by atoms with Gasteiger partial charge >= 0.3 is 5.97 Å². The predicted molar refractivity (Wildman–Crippen MR) is 66.0 cm³/mol. The molecule has 2 atom stereocenters. The third-order valence-electron chi connectivity index (χ3n) is 3.82. The lowest BCUT2D eigenvalue weighted by Gasteiger charge is -2.36. The largest absolute Gasteiger partial charge is 0.480 e.